The van der Waals surface area contributed by atoms with Gasteiger partial charge in [-0.25, -0.2) is 4.79 Å². The summed E-state index contributed by atoms with van der Waals surface area (Å²) in [6.07, 6.45) is -4.38. The number of rotatable bonds is 7. The molecule has 0 aromatic heterocycles. The fraction of sp³-hybridized carbons (Fsp3) is 0.385. The van der Waals surface area contributed by atoms with Crippen LogP contribution in [0.25, 0.3) is 0 Å². The Kier molecular flexibility index (Phi) is 7.08. The van der Waals surface area contributed by atoms with Crippen LogP contribution in [-0.4, -0.2) is 28.8 Å². The highest BCUT2D eigenvalue weighted by Gasteiger charge is 2.30. The van der Waals surface area contributed by atoms with Crippen molar-refractivity contribution in [1.82, 2.24) is 5.32 Å². The highest BCUT2D eigenvalue weighted by atomic mass is 33.1. The Morgan fingerprint density at radius 2 is 2.00 bits per heavy atom. The van der Waals surface area contributed by atoms with Crippen LogP contribution >= 0.6 is 21.6 Å². The molecule has 1 rings (SSSR count). The molecule has 4 nitrogen and oxygen atoms in total. The van der Waals surface area contributed by atoms with E-state index in [0.29, 0.717) is 11.3 Å². The van der Waals surface area contributed by atoms with E-state index in [1.807, 2.05) is 0 Å². The molecule has 1 aromatic rings. The number of carboxylic acids is 1. The highest BCUT2D eigenvalue weighted by molar-refractivity contribution is 8.76. The van der Waals surface area contributed by atoms with Gasteiger partial charge in [0.1, 0.15) is 6.04 Å². The van der Waals surface area contributed by atoms with Crippen molar-refractivity contribution in [3.05, 3.63) is 35.4 Å². The molecule has 1 amide bonds. The number of halogens is 3. The van der Waals surface area contributed by atoms with Gasteiger partial charge in [-0.3, -0.25) is 4.79 Å². The maximum atomic E-state index is 12.6. The highest BCUT2D eigenvalue weighted by Crippen LogP contribution is 2.32. The number of carbonyl (C=O) groups excluding carboxylic acids is 1. The number of benzene rings is 1. The minimum Gasteiger partial charge on any atom is -0.480 e. The molecule has 0 fully saturated rings. The van der Waals surface area contributed by atoms with E-state index in [0.717, 1.165) is 12.1 Å². The number of nitrogens with one attached hydrogen (secondary N) is 1. The molecule has 9 heteroatoms. The maximum Gasteiger partial charge on any atom is 0.416 e. The summed E-state index contributed by atoms with van der Waals surface area (Å²) in [5.74, 6) is -1.17. The second-order valence-corrected chi connectivity index (χ2v) is 6.84. The largest absolute Gasteiger partial charge is 0.480 e. The van der Waals surface area contributed by atoms with Crippen LogP contribution in [0.2, 0.25) is 0 Å². The average molecular weight is 353 g/mol. The van der Waals surface area contributed by atoms with E-state index in [2.05, 4.69) is 5.32 Å². The van der Waals surface area contributed by atoms with Gasteiger partial charge in [0.2, 0.25) is 5.91 Å². The van der Waals surface area contributed by atoms with Crippen LogP contribution in [0.15, 0.2) is 24.3 Å². The molecule has 0 radical (unpaired) electrons. The molecule has 22 heavy (non-hydrogen) atoms. The first kappa shape index (κ1) is 18.7. The molecule has 0 spiro atoms. The summed E-state index contributed by atoms with van der Waals surface area (Å²) < 4.78 is 37.7. The predicted octanol–water partition coefficient (Wildman–Crippen LogP) is 3.18. The van der Waals surface area contributed by atoms with Gasteiger partial charge in [-0.1, -0.05) is 39.8 Å². The molecule has 122 valence electrons. The lowest BCUT2D eigenvalue weighted by atomic mass is 10.1. The minimum absolute atomic E-state index is 0.124. The van der Waals surface area contributed by atoms with E-state index in [4.69, 9.17) is 5.11 Å². The summed E-state index contributed by atoms with van der Waals surface area (Å²) >= 11 is 0. The Bertz CT molecular complexity index is 538. The lowest BCUT2D eigenvalue weighted by Gasteiger charge is -2.12. The molecule has 0 aliphatic heterocycles. The molecule has 1 atom stereocenters. The first-order chi connectivity index (χ1) is 10.2. The third kappa shape index (κ3) is 6.61. The number of alkyl halides is 3. The van der Waals surface area contributed by atoms with Crippen molar-refractivity contribution in [2.45, 2.75) is 24.9 Å². The maximum absolute atomic E-state index is 12.6. The zero-order chi connectivity index (χ0) is 16.8. The SMILES string of the molecule is CC(=O)N[C@@H](CSSCc1cccc(C(F)(F)F)c1)C(=O)O. The monoisotopic (exact) mass is 353 g/mol. The summed E-state index contributed by atoms with van der Waals surface area (Å²) in [7, 11) is 2.41. The Morgan fingerprint density at radius 1 is 1.32 bits per heavy atom. The van der Waals surface area contributed by atoms with Crippen molar-refractivity contribution in [3.8, 4) is 0 Å². The van der Waals surface area contributed by atoms with Gasteiger partial charge in [0, 0.05) is 18.4 Å². The van der Waals surface area contributed by atoms with Crippen molar-refractivity contribution in [2.75, 3.05) is 5.75 Å². The van der Waals surface area contributed by atoms with Crippen LogP contribution < -0.4 is 5.32 Å². The van der Waals surface area contributed by atoms with E-state index in [-0.39, 0.29) is 5.75 Å². The average Bonchev–Trinajstić information content (AvgIpc) is 2.41. The summed E-state index contributed by atoms with van der Waals surface area (Å²) in [6, 6.07) is 3.96. The van der Waals surface area contributed by atoms with Crippen molar-refractivity contribution < 1.29 is 27.9 Å². The van der Waals surface area contributed by atoms with Gasteiger partial charge in [-0.05, 0) is 11.6 Å². The summed E-state index contributed by atoms with van der Waals surface area (Å²) in [5.41, 5.74) is -0.212. The van der Waals surface area contributed by atoms with Crippen LogP contribution in [0.5, 0.6) is 0 Å². The fourth-order valence-electron chi connectivity index (χ4n) is 1.48. The Balaban J connectivity index is 2.47. The molecule has 1 aromatic carbocycles. The lowest BCUT2D eigenvalue weighted by molar-refractivity contribution is -0.140. The fourth-order valence-corrected chi connectivity index (χ4v) is 3.70. The van der Waals surface area contributed by atoms with E-state index in [1.165, 1.54) is 34.6 Å². The van der Waals surface area contributed by atoms with E-state index >= 15 is 0 Å². The number of carboxylic acid groups (broad SMARTS) is 1. The number of hydrogen-bond acceptors (Lipinski definition) is 4. The summed E-state index contributed by atoms with van der Waals surface area (Å²) in [5, 5.41) is 11.2. The molecule has 0 unspecified atom stereocenters. The van der Waals surface area contributed by atoms with Gasteiger partial charge >= 0.3 is 12.1 Å². The number of hydrogen-bond donors (Lipinski definition) is 2. The van der Waals surface area contributed by atoms with Crippen LogP contribution in [0, 0.1) is 0 Å². The number of carbonyl (C=O) groups is 2. The summed E-state index contributed by atoms with van der Waals surface area (Å²) in [4.78, 5) is 21.7. The third-order valence-corrected chi connectivity index (χ3v) is 4.82. The first-order valence-corrected chi connectivity index (χ1v) is 8.59. The molecule has 0 heterocycles. The summed E-state index contributed by atoms with van der Waals surface area (Å²) in [6.45, 7) is 1.22. The third-order valence-electron chi connectivity index (χ3n) is 2.47. The molecule has 0 saturated carbocycles. The van der Waals surface area contributed by atoms with Crippen LogP contribution in [0.4, 0.5) is 13.2 Å². The standard InChI is InChI=1S/C13H14F3NO3S2/c1-8(18)17-11(12(19)20)7-22-21-6-9-3-2-4-10(5-9)13(14,15)16/h2-5,11H,6-7H2,1H3,(H,17,18)(H,19,20)/t11-/m0/s1. The Hall–Kier alpha value is -1.35. The zero-order valence-corrected chi connectivity index (χ0v) is 13.1. The number of aliphatic carboxylic acids is 1. The smallest absolute Gasteiger partial charge is 0.416 e. The molecule has 0 bridgehead atoms. The normalized spacial score (nSPS) is 12.7. The van der Waals surface area contributed by atoms with Gasteiger partial charge < -0.3 is 10.4 Å². The van der Waals surface area contributed by atoms with E-state index < -0.39 is 29.7 Å². The van der Waals surface area contributed by atoms with Gasteiger partial charge in [-0.2, -0.15) is 13.2 Å². The van der Waals surface area contributed by atoms with Gasteiger partial charge in [-0.15, -0.1) is 0 Å². The first-order valence-electron chi connectivity index (χ1n) is 6.10. The van der Waals surface area contributed by atoms with Crippen molar-refractivity contribution in [2.24, 2.45) is 0 Å². The van der Waals surface area contributed by atoms with Crippen molar-refractivity contribution >= 4 is 33.5 Å². The zero-order valence-electron chi connectivity index (χ0n) is 11.5. The van der Waals surface area contributed by atoms with Crippen LogP contribution in [0.1, 0.15) is 18.1 Å². The second kappa shape index (κ2) is 8.33. The Labute approximate surface area is 133 Å². The minimum atomic E-state index is -4.38. The van der Waals surface area contributed by atoms with Crippen LogP contribution in [-0.2, 0) is 21.5 Å². The van der Waals surface area contributed by atoms with Crippen LogP contribution in [0.3, 0.4) is 0 Å². The molecule has 0 aliphatic carbocycles. The van der Waals surface area contributed by atoms with E-state index in [9.17, 15) is 22.8 Å². The number of amides is 1. The van der Waals surface area contributed by atoms with Gasteiger partial charge in [0.25, 0.3) is 0 Å². The predicted molar refractivity (Wildman–Crippen MR) is 80.4 cm³/mol. The quantitative estimate of drug-likeness (QED) is 0.582. The second-order valence-electron chi connectivity index (χ2n) is 4.34. The Morgan fingerprint density at radius 3 is 2.55 bits per heavy atom. The molecule has 0 aliphatic rings. The van der Waals surface area contributed by atoms with Gasteiger partial charge in [0.05, 0.1) is 5.56 Å². The van der Waals surface area contributed by atoms with E-state index in [1.54, 1.807) is 6.07 Å². The molecular formula is C13H14F3NO3S2. The molecule has 0 saturated heterocycles. The lowest BCUT2D eigenvalue weighted by Crippen LogP contribution is -2.41. The van der Waals surface area contributed by atoms with Gasteiger partial charge in [0.15, 0.2) is 0 Å². The van der Waals surface area contributed by atoms with Crippen molar-refractivity contribution in [1.29, 1.82) is 0 Å². The molecular weight excluding hydrogens is 339 g/mol. The van der Waals surface area contributed by atoms with Crippen molar-refractivity contribution in [3.63, 3.8) is 0 Å². The topological polar surface area (TPSA) is 66.4 Å². The molecule has 2 N–H and O–H groups in total.